The number of halogens is 4. The van der Waals surface area contributed by atoms with Gasteiger partial charge in [-0.1, -0.05) is 23.7 Å². The van der Waals surface area contributed by atoms with E-state index in [0.717, 1.165) is 6.07 Å². The molecule has 0 aliphatic heterocycles. The van der Waals surface area contributed by atoms with Gasteiger partial charge in [0.05, 0.1) is 4.92 Å². The largest absolute Gasteiger partial charge is 0.484 e. The molecule has 1 N–H and O–H groups in total. The Balaban J connectivity index is 1.99. The molecular formula is C16H12ClF3N2O4. The van der Waals surface area contributed by atoms with Gasteiger partial charge in [0, 0.05) is 17.6 Å². The number of alkyl halides is 3. The van der Waals surface area contributed by atoms with Crippen molar-refractivity contribution in [3.05, 3.63) is 68.7 Å². The zero-order chi connectivity index (χ0) is 19.3. The van der Waals surface area contributed by atoms with Crippen LogP contribution in [0.4, 0.5) is 18.9 Å². The fraction of sp³-hybridized carbons (Fsp3) is 0.188. The third kappa shape index (κ3) is 5.62. The highest BCUT2D eigenvalue weighted by molar-refractivity contribution is 6.31. The normalized spacial score (nSPS) is 11.1. The first-order valence-corrected chi connectivity index (χ1v) is 7.54. The van der Waals surface area contributed by atoms with Crippen molar-refractivity contribution in [3.63, 3.8) is 0 Å². The van der Waals surface area contributed by atoms with Gasteiger partial charge in [0.25, 0.3) is 11.6 Å². The fourth-order valence-electron chi connectivity index (χ4n) is 1.99. The van der Waals surface area contributed by atoms with E-state index in [-0.39, 0.29) is 22.9 Å². The molecule has 0 bridgehead atoms. The average Bonchev–Trinajstić information content (AvgIpc) is 2.58. The van der Waals surface area contributed by atoms with Crippen LogP contribution in [0.15, 0.2) is 42.5 Å². The number of amides is 1. The van der Waals surface area contributed by atoms with Crippen LogP contribution in [0.3, 0.4) is 0 Å². The van der Waals surface area contributed by atoms with Gasteiger partial charge in [-0.05, 0) is 29.8 Å². The van der Waals surface area contributed by atoms with Crippen molar-refractivity contribution in [1.82, 2.24) is 5.32 Å². The summed E-state index contributed by atoms with van der Waals surface area (Å²) in [6.07, 6.45) is -4.43. The predicted molar refractivity (Wildman–Crippen MR) is 87.3 cm³/mol. The van der Waals surface area contributed by atoms with Crippen molar-refractivity contribution in [2.24, 2.45) is 0 Å². The highest BCUT2D eigenvalue weighted by Gasteiger charge is 2.28. The monoisotopic (exact) mass is 388 g/mol. The van der Waals surface area contributed by atoms with E-state index in [4.69, 9.17) is 11.6 Å². The number of nitrogens with zero attached hydrogens (tertiary/aromatic N) is 1. The van der Waals surface area contributed by atoms with Crippen LogP contribution in [0.2, 0.25) is 5.02 Å². The number of nitro benzene ring substituents is 1. The SMILES string of the molecule is O=C(NCc1ccc(OCC(F)(F)F)cc1)c1ccc(Cl)cc1[N+](=O)[O-]. The van der Waals surface area contributed by atoms with Gasteiger partial charge in [-0.3, -0.25) is 14.9 Å². The van der Waals surface area contributed by atoms with Crippen LogP contribution >= 0.6 is 11.6 Å². The minimum atomic E-state index is -4.43. The van der Waals surface area contributed by atoms with Gasteiger partial charge in [-0.15, -0.1) is 0 Å². The van der Waals surface area contributed by atoms with Gasteiger partial charge in [-0.2, -0.15) is 13.2 Å². The van der Waals surface area contributed by atoms with E-state index in [1.165, 1.54) is 36.4 Å². The molecule has 0 unspecified atom stereocenters. The third-order valence-corrected chi connectivity index (χ3v) is 3.42. The second-order valence-corrected chi connectivity index (χ2v) is 5.59. The molecule has 26 heavy (non-hydrogen) atoms. The number of nitrogens with one attached hydrogen (secondary N) is 1. The molecule has 0 spiro atoms. The molecule has 0 aliphatic rings. The van der Waals surface area contributed by atoms with Gasteiger partial charge in [0.1, 0.15) is 11.3 Å². The maximum absolute atomic E-state index is 12.1. The minimum absolute atomic E-state index is 0.0260. The third-order valence-electron chi connectivity index (χ3n) is 3.18. The van der Waals surface area contributed by atoms with E-state index in [2.05, 4.69) is 10.1 Å². The van der Waals surface area contributed by atoms with Crippen molar-refractivity contribution < 1.29 is 27.6 Å². The molecule has 6 nitrogen and oxygen atoms in total. The molecule has 0 aliphatic carbocycles. The fourth-order valence-corrected chi connectivity index (χ4v) is 2.16. The topological polar surface area (TPSA) is 81.5 Å². The zero-order valence-corrected chi connectivity index (χ0v) is 13.8. The Kier molecular flexibility index (Phi) is 6.04. The van der Waals surface area contributed by atoms with Crippen molar-refractivity contribution in [2.75, 3.05) is 6.61 Å². The minimum Gasteiger partial charge on any atom is -0.484 e. The lowest BCUT2D eigenvalue weighted by Crippen LogP contribution is -2.23. The highest BCUT2D eigenvalue weighted by atomic mass is 35.5. The van der Waals surface area contributed by atoms with Crippen molar-refractivity contribution >= 4 is 23.2 Å². The number of rotatable bonds is 6. The van der Waals surface area contributed by atoms with Crippen LogP contribution < -0.4 is 10.1 Å². The van der Waals surface area contributed by atoms with Gasteiger partial charge in [-0.25, -0.2) is 0 Å². The Labute approximate surface area is 150 Å². The molecule has 0 atom stereocenters. The molecular weight excluding hydrogens is 377 g/mol. The molecule has 0 fully saturated rings. The number of carbonyl (C=O) groups is 1. The van der Waals surface area contributed by atoms with Gasteiger partial charge >= 0.3 is 6.18 Å². The van der Waals surface area contributed by atoms with Crippen LogP contribution in [0.5, 0.6) is 5.75 Å². The van der Waals surface area contributed by atoms with Crippen LogP contribution in [0.1, 0.15) is 15.9 Å². The summed E-state index contributed by atoms with van der Waals surface area (Å²) in [7, 11) is 0. The lowest BCUT2D eigenvalue weighted by molar-refractivity contribution is -0.385. The number of ether oxygens (including phenoxy) is 1. The number of nitro groups is 1. The Bertz CT molecular complexity index is 810. The smallest absolute Gasteiger partial charge is 0.422 e. The molecule has 0 heterocycles. The van der Waals surface area contributed by atoms with E-state index in [9.17, 15) is 28.1 Å². The summed E-state index contributed by atoms with van der Waals surface area (Å²) in [6, 6.07) is 9.28. The predicted octanol–water partition coefficient (Wildman–Crippen LogP) is 4.12. The van der Waals surface area contributed by atoms with E-state index in [1.807, 2.05) is 0 Å². The average molecular weight is 389 g/mol. The maximum Gasteiger partial charge on any atom is 0.422 e. The van der Waals surface area contributed by atoms with E-state index in [1.54, 1.807) is 0 Å². The first-order valence-electron chi connectivity index (χ1n) is 7.16. The molecule has 138 valence electrons. The first-order chi connectivity index (χ1) is 12.2. The van der Waals surface area contributed by atoms with Gasteiger partial charge in [0.15, 0.2) is 6.61 Å². The molecule has 0 saturated heterocycles. The van der Waals surface area contributed by atoms with Crippen molar-refractivity contribution in [1.29, 1.82) is 0 Å². The summed E-state index contributed by atoms with van der Waals surface area (Å²) in [5, 5.41) is 13.6. The van der Waals surface area contributed by atoms with Crippen LogP contribution in [0, 0.1) is 10.1 Å². The molecule has 2 rings (SSSR count). The van der Waals surface area contributed by atoms with Gasteiger partial charge in [0.2, 0.25) is 0 Å². The second-order valence-electron chi connectivity index (χ2n) is 5.15. The van der Waals surface area contributed by atoms with E-state index < -0.39 is 29.3 Å². The second kappa shape index (κ2) is 8.05. The Morgan fingerprint density at radius 2 is 1.85 bits per heavy atom. The Morgan fingerprint density at radius 1 is 1.19 bits per heavy atom. The zero-order valence-electron chi connectivity index (χ0n) is 13.0. The summed E-state index contributed by atoms with van der Waals surface area (Å²) < 4.78 is 40.8. The summed E-state index contributed by atoms with van der Waals surface area (Å²) in [6.45, 7) is -1.37. The lowest BCUT2D eigenvalue weighted by Gasteiger charge is -2.10. The van der Waals surface area contributed by atoms with E-state index in [0.29, 0.717) is 5.56 Å². The molecule has 0 aromatic heterocycles. The first kappa shape index (κ1) is 19.5. The molecule has 0 saturated carbocycles. The van der Waals surface area contributed by atoms with Crippen molar-refractivity contribution in [2.45, 2.75) is 12.7 Å². The molecule has 2 aromatic carbocycles. The molecule has 0 radical (unpaired) electrons. The van der Waals surface area contributed by atoms with Crippen LogP contribution in [0.25, 0.3) is 0 Å². The Morgan fingerprint density at radius 3 is 2.42 bits per heavy atom. The number of carbonyl (C=O) groups excluding carboxylic acids is 1. The molecule has 10 heteroatoms. The standard InChI is InChI=1S/C16H12ClF3N2O4/c17-11-3-6-13(14(7-11)22(24)25)15(23)21-8-10-1-4-12(5-2-10)26-9-16(18,19)20/h1-7H,8-9H2,(H,21,23). The summed E-state index contributed by atoms with van der Waals surface area (Å²) in [4.78, 5) is 22.4. The summed E-state index contributed by atoms with van der Waals surface area (Å²) in [5.74, 6) is -0.642. The van der Waals surface area contributed by atoms with Gasteiger partial charge < -0.3 is 10.1 Å². The van der Waals surface area contributed by atoms with E-state index >= 15 is 0 Å². The highest BCUT2D eigenvalue weighted by Crippen LogP contribution is 2.23. The van der Waals surface area contributed by atoms with Crippen molar-refractivity contribution in [3.8, 4) is 5.75 Å². The summed E-state index contributed by atoms with van der Waals surface area (Å²) in [5.41, 5.74) is 0.00440. The van der Waals surface area contributed by atoms with Crippen LogP contribution in [-0.2, 0) is 6.54 Å². The summed E-state index contributed by atoms with van der Waals surface area (Å²) >= 11 is 5.69. The quantitative estimate of drug-likeness (QED) is 0.596. The Hall–Kier alpha value is -2.81. The molecule has 2 aromatic rings. The lowest BCUT2D eigenvalue weighted by atomic mass is 10.1. The number of hydrogen-bond donors (Lipinski definition) is 1. The van der Waals surface area contributed by atoms with Crippen LogP contribution in [-0.4, -0.2) is 23.6 Å². The number of benzene rings is 2. The molecule has 1 amide bonds. The number of hydrogen-bond acceptors (Lipinski definition) is 4. The maximum atomic E-state index is 12.1.